The second kappa shape index (κ2) is 5.41. The van der Waals surface area contributed by atoms with Crippen LogP contribution in [0.25, 0.3) is 0 Å². The molecule has 0 aromatic carbocycles. The highest BCUT2D eigenvalue weighted by atomic mass is 16.2. The van der Waals surface area contributed by atoms with E-state index in [1.165, 1.54) is 0 Å². The highest BCUT2D eigenvalue weighted by molar-refractivity contribution is 5.78. The lowest BCUT2D eigenvalue weighted by atomic mass is 9.80. The van der Waals surface area contributed by atoms with Crippen molar-refractivity contribution in [1.29, 1.82) is 0 Å². The van der Waals surface area contributed by atoms with Crippen molar-refractivity contribution in [2.45, 2.75) is 65.1 Å². The van der Waals surface area contributed by atoms with E-state index in [1.54, 1.807) is 0 Å². The van der Waals surface area contributed by atoms with E-state index in [0.717, 1.165) is 38.9 Å². The van der Waals surface area contributed by atoms with Crippen molar-refractivity contribution >= 4 is 5.91 Å². The molecular formula is C15H29N3O. The number of rotatable bonds is 3. The molecule has 2 aliphatic rings. The van der Waals surface area contributed by atoms with Crippen LogP contribution in [0.4, 0.5) is 0 Å². The summed E-state index contributed by atoms with van der Waals surface area (Å²) in [7, 11) is 0. The molecule has 4 nitrogen and oxygen atoms in total. The summed E-state index contributed by atoms with van der Waals surface area (Å²) in [4.78, 5) is 16.4. The maximum atomic E-state index is 11.8. The third kappa shape index (κ3) is 2.95. The zero-order valence-corrected chi connectivity index (χ0v) is 12.9. The summed E-state index contributed by atoms with van der Waals surface area (Å²) >= 11 is 0. The number of amides is 1. The third-order valence-electron chi connectivity index (χ3n) is 4.68. The van der Waals surface area contributed by atoms with E-state index in [-0.39, 0.29) is 11.5 Å². The Bertz CT molecular complexity index is 337. The van der Waals surface area contributed by atoms with Crippen LogP contribution in [-0.2, 0) is 4.79 Å². The average molecular weight is 267 g/mol. The van der Waals surface area contributed by atoms with Gasteiger partial charge in [0.05, 0.1) is 0 Å². The first-order valence-electron chi connectivity index (χ1n) is 7.63. The summed E-state index contributed by atoms with van der Waals surface area (Å²) in [5.41, 5.74) is 6.56. The molecule has 0 saturated carbocycles. The van der Waals surface area contributed by atoms with Crippen LogP contribution in [0.3, 0.4) is 0 Å². The molecule has 3 atom stereocenters. The number of nitrogens with zero attached hydrogens (tertiary/aromatic N) is 2. The topological polar surface area (TPSA) is 49.6 Å². The van der Waals surface area contributed by atoms with E-state index in [4.69, 9.17) is 5.73 Å². The van der Waals surface area contributed by atoms with Crippen LogP contribution in [0.2, 0.25) is 0 Å². The number of fused-ring (bicyclic) bond motifs is 1. The lowest BCUT2D eigenvalue weighted by molar-refractivity contribution is -0.131. The van der Waals surface area contributed by atoms with Gasteiger partial charge in [0.25, 0.3) is 0 Å². The number of hydrogen-bond acceptors (Lipinski definition) is 3. The summed E-state index contributed by atoms with van der Waals surface area (Å²) in [6, 6.07) is 1.04. The van der Waals surface area contributed by atoms with Crippen LogP contribution >= 0.6 is 0 Å². The largest absolute Gasteiger partial charge is 0.337 e. The molecule has 1 amide bonds. The maximum absolute atomic E-state index is 11.8. The van der Waals surface area contributed by atoms with Gasteiger partial charge in [-0.3, -0.25) is 9.69 Å². The average Bonchev–Trinajstić information content (AvgIpc) is 2.69. The molecule has 19 heavy (non-hydrogen) atoms. The van der Waals surface area contributed by atoms with Gasteiger partial charge in [-0.25, -0.2) is 0 Å². The quantitative estimate of drug-likeness (QED) is 0.842. The van der Waals surface area contributed by atoms with Crippen LogP contribution in [0, 0.1) is 5.41 Å². The molecule has 0 aromatic rings. The SMILES string of the molecule is CCC(N)C(N1CCN2C(=O)CCC2C1)C(C)(C)C. The Balaban J connectivity index is 2.10. The van der Waals surface area contributed by atoms with Gasteiger partial charge in [0.15, 0.2) is 0 Å². The van der Waals surface area contributed by atoms with Crippen molar-refractivity contribution in [3.05, 3.63) is 0 Å². The molecule has 110 valence electrons. The molecule has 0 aliphatic carbocycles. The molecule has 2 heterocycles. The first kappa shape index (κ1) is 14.8. The van der Waals surface area contributed by atoms with Crippen LogP contribution in [-0.4, -0.2) is 53.5 Å². The predicted octanol–water partition coefficient (Wildman–Crippen LogP) is 1.44. The fourth-order valence-electron chi connectivity index (χ4n) is 3.83. The smallest absolute Gasteiger partial charge is 0.222 e. The second-order valence-corrected chi connectivity index (χ2v) is 7.16. The van der Waals surface area contributed by atoms with Crippen molar-refractivity contribution in [2.75, 3.05) is 19.6 Å². The maximum Gasteiger partial charge on any atom is 0.222 e. The van der Waals surface area contributed by atoms with E-state index >= 15 is 0 Å². The molecule has 3 unspecified atom stereocenters. The molecule has 2 N–H and O–H groups in total. The lowest BCUT2D eigenvalue weighted by Gasteiger charge is -2.48. The van der Waals surface area contributed by atoms with Gasteiger partial charge in [0, 0.05) is 44.2 Å². The Kier molecular flexibility index (Phi) is 4.21. The highest BCUT2D eigenvalue weighted by Gasteiger charge is 2.41. The Labute approximate surface area is 117 Å². The molecular weight excluding hydrogens is 238 g/mol. The van der Waals surface area contributed by atoms with Crippen molar-refractivity contribution in [3.8, 4) is 0 Å². The molecule has 2 fully saturated rings. The summed E-state index contributed by atoms with van der Waals surface area (Å²) in [6.45, 7) is 11.8. The summed E-state index contributed by atoms with van der Waals surface area (Å²) in [6.07, 6.45) is 2.76. The summed E-state index contributed by atoms with van der Waals surface area (Å²) in [5.74, 6) is 0.344. The Hall–Kier alpha value is -0.610. The van der Waals surface area contributed by atoms with Crippen LogP contribution in [0.5, 0.6) is 0 Å². The van der Waals surface area contributed by atoms with Gasteiger partial charge >= 0.3 is 0 Å². The Morgan fingerprint density at radius 2 is 2.05 bits per heavy atom. The van der Waals surface area contributed by atoms with Crippen LogP contribution in [0.15, 0.2) is 0 Å². The molecule has 0 radical (unpaired) electrons. The second-order valence-electron chi connectivity index (χ2n) is 7.16. The van der Waals surface area contributed by atoms with Crippen molar-refractivity contribution in [1.82, 2.24) is 9.80 Å². The van der Waals surface area contributed by atoms with Crippen molar-refractivity contribution in [2.24, 2.45) is 11.1 Å². The number of carbonyl (C=O) groups excluding carboxylic acids is 1. The number of carbonyl (C=O) groups is 1. The monoisotopic (exact) mass is 267 g/mol. The Morgan fingerprint density at radius 1 is 1.37 bits per heavy atom. The Morgan fingerprint density at radius 3 is 2.63 bits per heavy atom. The van der Waals surface area contributed by atoms with E-state index < -0.39 is 0 Å². The molecule has 2 aliphatic heterocycles. The minimum Gasteiger partial charge on any atom is -0.337 e. The highest BCUT2D eigenvalue weighted by Crippen LogP contribution is 2.31. The van der Waals surface area contributed by atoms with Gasteiger partial charge in [0.2, 0.25) is 5.91 Å². The van der Waals surface area contributed by atoms with E-state index in [0.29, 0.717) is 18.0 Å². The van der Waals surface area contributed by atoms with Crippen molar-refractivity contribution in [3.63, 3.8) is 0 Å². The van der Waals surface area contributed by atoms with Gasteiger partial charge in [-0.2, -0.15) is 0 Å². The molecule has 0 spiro atoms. The molecule has 4 heteroatoms. The zero-order valence-electron chi connectivity index (χ0n) is 12.9. The van der Waals surface area contributed by atoms with E-state index in [9.17, 15) is 4.79 Å². The summed E-state index contributed by atoms with van der Waals surface area (Å²) in [5, 5.41) is 0. The fourth-order valence-corrected chi connectivity index (χ4v) is 3.83. The van der Waals surface area contributed by atoms with Gasteiger partial charge in [-0.1, -0.05) is 27.7 Å². The predicted molar refractivity (Wildman–Crippen MR) is 77.8 cm³/mol. The normalized spacial score (nSPS) is 28.4. The van der Waals surface area contributed by atoms with Gasteiger partial charge in [-0.15, -0.1) is 0 Å². The number of piperazine rings is 1. The zero-order chi connectivity index (χ0) is 14.2. The molecule has 2 rings (SSSR count). The van der Waals surface area contributed by atoms with Gasteiger partial charge in [-0.05, 0) is 18.3 Å². The summed E-state index contributed by atoms with van der Waals surface area (Å²) < 4.78 is 0. The standard InChI is InChI=1S/C15H29N3O/c1-5-12(16)14(15(2,3)4)17-8-9-18-11(10-17)6-7-13(18)19/h11-12,14H,5-10,16H2,1-4H3. The van der Waals surface area contributed by atoms with Crippen molar-refractivity contribution < 1.29 is 4.79 Å². The molecule has 2 saturated heterocycles. The minimum atomic E-state index is 0.181. The number of nitrogens with two attached hydrogens (primary N) is 1. The third-order valence-corrected chi connectivity index (χ3v) is 4.68. The van der Waals surface area contributed by atoms with E-state index in [2.05, 4.69) is 37.5 Å². The number of hydrogen-bond donors (Lipinski definition) is 1. The van der Waals surface area contributed by atoms with Gasteiger partial charge in [0.1, 0.15) is 0 Å². The first-order chi connectivity index (χ1) is 8.84. The van der Waals surface area contributed by atoms with Gasteiger partial charge < -0.3 is 10.6 Å². The minimum absolute atomic E-state index is 0.181. The molecule has 0 aromatic heterocycles. The van der Waals surface area contributed by atoms with Crippen LogP contribution in [0.1, 0.15) is 47.0 Å². The fraction of sp³-hybridized carbons (Fsp3) is 0.933. The lowest BCUT2D eigenvalue weighted by Crippen LogP contribution is -2.61. The van der Waals surface area contributed by atoms with E-state index in [1.807, 2.05) is 0 Å². The first-order valence-corrected chi connectivity index (χ1v) is 7.63. The van der Waals surface area contributed by atoms with Crippen LogP contribution < -0.4 is 5.73 Å². The molecule has 0 bridgehead atoms.